The molecule has 0 spiro atoms. The molecule has 0 amide bonds. The summed E-state index contributed by atoms with van der Waals surface area (Å²) in [5.41, 5.74) is 2.55. The van der Waals surface area contributed by atoms with Gasteiger partial charge in [0.15, 0.2) is 5.82 Å². The molecular formula is C14H14FN3O. The van der Waals surface area contributed by atoms with Gasteiger partial charge in [0, 0.05) is 24.3 Å². The van der Waals surface area contributed by atoms with Crippen molar-refractivity contribution < 1.29 is 9.13 Å². The number of hydrogen-bond donors (Lipinski definition) is 1. The van der Waals surface area contributed by atoms with Crippen molar-refractivity contribution in [2.24, 2.45) is 7.05 Å². The smallest absolute Gasteiger partial charge is 0.167 e. The van der Waals surface area contributed by atoms with Gasteiger partial charge in [0.1, 0.15) is 18.1 Å². The number of halogens is 1. The largest absolute Gasteiger partial charge is 0.487 e. The molecule has 19 heavy (non-hydrogen) atoms. The van der Waals surface area contributed by atoms with Crippen LogP contribution in [0, 0.1) is 12.7 Å². The second-order valence-corrected chi connectivity index (χ2v) is 4.55. The van der Waals surface area contributed by atoms with Gasteiger partial charge in [-0.15, -0.1) is 0 Å². The molecule has 0 bridgehead atoms. The molecular weight excluding hydrogens is 245 g/mol. The molecule has 3 rings (SSSR count). The lowest BCUT2D eigenvalue weighted by atomic mass is 10.2. The fraction of sp³-hybridized carbons (Fsp3) is 0.214. The van der Waals surface area contributed by atoms with Crippen LogP contribution in [-0.2, 0) is 13.7 Å². The Morgan fingerprint density at radius 1 is 1.37 bits per heavy atom. The Morgan fingerprint density at radius 3 is 2.95 bits per heavy atom. The first-order valence-corrected chi connectivity index (χ1v) is 6.02. The lowest BCUT2D eigenvalue weighted by Gasteiger charge is -2.06. The van der Waals surface area contributed by atoms with E-state index in [4.69, 9.17) is 4.74 Å². The maximum absolute atomic E-state index is 13.4. The number of H-pyrrole nitrogens is 1. The van der Waals surface area contributed by atoms with E-state index in [9.17, 15) is 4.39 Å². The average Bonchev–Trinajstić information content (AvgIpc) is 2.89. The predicted octanol–water partition coefficient (Wildman–Crippen LogP) is 2.93. The van der Waals surface area contributed by atoms with Crippen molar-refractivity contribution in [3.05, 3.63) is 47.7 Å². The Kier molecular flexibility index (Phi) is 2.74. The van der Waals surface area contributed by atoms with Crippen molar-refractivity contribution in [1.82, 2.24) is 14.8 Å². The van der Waals surface area contributed by atoms with Crippen LogP contribution in [0.25, 0.3) is 10.9 Å². The monoisotopic (exact) mass is 259 g/mol. The fourth-order valence-corrected chi connectivity index (χ4v) is 2.09. The molecule has 0 radical (unpaired) electrons. The van der Waals surface area contributed by atoms with Crippen molar-refractivity contribution in [3.8, 4) is 5.75 Å². The lowest BCUT2D eigenvalue weighted by Crippen LogP contribution is -2.04. The van der Waals surface area contributed by atoms with Gasteiger partial charge in [-0.3, -0.25) is 4.68 Å². The number of aromatic nitrogens is 3. The topological polar surface area (TPSA) is 42.8 Å². The van der Waals surface area contributed by atoms with Crippen LogP contribution in [0.4, 0.5) is 4.39 Å². The number of fused-ring (bicyclic) bond motifs is 1. The van der Waals surface area contributed by atoms with Gasteiger partial charge in [0.2, 0.25) is 0 Å². The van der Waals surface area contributed by atoms with Crippen LogP contribution >= 0.6 is 0 Å². The van der Waals surface area contributed by atoms with E-state index < -0.39 is 0 Å². The first-order valence-electron chi connectivity index (χ1n) is 6.02. The van der Waals surface area contributed by atoms with Gasteiger partial charge in [0.05, 0.1) is 6.20 Å². The minimum absolute atomic E-state index is 0.160. The Balaban J connectivity index is 1.81. The summed E-state index contributed by atoms with van der Waals surface area (Å²) in [5.74, 6) is 0.356. The molecule has 2 aromatic heterocycles. The quantitative estimate of drug-likeness (QED) is 0.785. The highest BCUT2D eigenvalue weighted by Crippen LogP contribution is 2.22. The highest BCUT2D eigenvalue weighted by molar-refractivity contribution is 5.81. The third kappa shape index (κ3) is 2.19. The molecule has 98 valence electrons. The molecule has 0 atom stereocenters. The van der Waals surface area contributed by atoms with Gasteiger partial charge >= 0.3 is 0 Å². The van der Waals surface area contributed by atoms with E-state index >= 15 is 0 Å². The average molecular weight is 259 g/mol. The number of aromatic amines is 1. The van der Waals surface area contributed by atoms with Gasteiger partial charge in [0.25, 0.3) is 0 Å². The van der Waals surface area contributed by atoms with E-state index in [1.807, 2.05) is 25.1 Å². The molecule has 3 aromatic rings. The van der Waals surface area contributed by atoms with Gasteiger partial charge in [-0.2, -0.15) is 5.10 Å². The third-order valence-corrected chi connectivity index (χ3v) is 3.11. The minimum atomic E-state index is -0.348. The Morgan fingerprint density at radius 2 is 2.21 bits per heavy atom. The van der Waals surface area contributed by atoms with Crippen molar-refractivity contribution in [1.29, 1.82) is 0 Å². The minimum Gasteiger partial charge on any atom is -0.487 e. The summed E-state index contributed by atoms with van der Waals surface area (Å²) in [6, 6.07) is 7.84. The highest BCUT2D eigenvalue weighted by atomic mass is 19.1. The van der Waals surface area contributed by atoms with Crippen LogP contribution in [0.15, 0.2) is 30.5 Å². The fourth-order valence-electron chi connectivity index (χ4n) is 2.09. The second-order valence-electron chi connectivity index (χ2n) is 4.55. The molecule has 0 saturated carbocycles. The molecule has 0 saturated heterocycles. The zero-order chi connectivity index (χ0) is 13.4. The van der Waals surface area contributed by atoms with Crippen LogP contribution < -0.4 is 4.74 Å². The summed E-state index contributed by atoms with van der Waals surface area (Å²) < 4.78 is 20.5. The molecule has 0 unspecified atom stereocenters. The number of nitrogens with zero attached hydrogens (tertiary/aromatic N) is 2. The molecule has 0 aliphatic carbocycles. The summed E-state index contributed by atoms with van der Waals surface area (Å²) in [4.78, 5) is 3.24. The lowest BCUT2D eigenvalue weighted by molar-refractivity contribution is 0.289. The summed E-state index contributed by atoms with van der Waals surface area (Å²) in [7, 11) is 1.69. The van der Waals surface area contributed by atoms with Crippen molar-refractivity contribution in [3.63, 3.8) is 0 Å². The molecule has 1 N–H and O–H groups in total. The molecule has 0 aliphatic rings. The van der Waals surface area contributed by atoms with E-state index in [1.165, 1.54) is 10.9 Å². The molecule has 0 aliphatic heterocycles. The maximum atomic E-state index is 13.4. The van der Waals surface area contributed by atoms with Crippen LogP contribution in [0.5, 0.6) is 5.75 Å². The van der Waals surface area contributed by atoms with Crippen LogP contribution in [0.2, 0.25) is 0 Å². The summed E-state index contributed by atoms with van der Waals surface area (Å²) in [6.07, 6.45) is 1.19. The normalized spacial score (nSPS) is 11.1. The van der Waals surface area contributed by atoms with E-state index in [1.54, 1.807) is 7.05 Å². The molecule has 4 nitrogen and oxygen atoms in total. The Hall–Kier alpha value is -2.30. The van der Waals surface area contributed by atoms with E-state index in [-0.39, 0.29) is 12.4 Å². The third-order valence-electron chi connectivity index (χ3n) is 3.11. The number of ether oxygens (including phenoxy) is 1. The van der Waals surface area contributed by atoms with Crippen molar-refractivity contribution in [2.75, 3.05) is 0 Å². The molecule has 1 aromatic carbocycles. The first kappa shape index (κ1) is 11.8. The Bertz CT molecular complexity index is 710. The van der Waals surface area contributed by atoms with E-state index in [0.717, 1.165) is 16.6 Å². The second kappa shape index (κ2) is 4.42. The van der Waals surface area contributed by atoms with E-state index in [2.05, 4.69) is 16.1 Å². The number of hydrogen-bond acceptors (Lipinski definition) is 2. The highest BCUT2D eigenvalue weighted by Gasteiger charge is 2.09. The van der Waals surface area contributed by atoms with Crippen LogP contribution in [0.3, 0.4) is 0 Å². The number of aryl methyl sites for hydroxylation is 2. The predicted molar refractivity (Wildman–Crippen MR) is 70.5 cm³/mol. The molecule has 5 heteroatoms. The summed E-state index contributed by atoms with van der Waals surface area (Å²) >= 11 is 0. The van der Waals surface area contributed by atoms with Crippen molar-refractivity contribution >= 4 is 10.9 Å². The van der Waals surface area contributed by atoms with E-state index in [0.29, 0.717) is 11.4 Å². The van der Waals surface area contributed by atoms with Crippen LogP contribution in [-0.4, -0.2) is 14.8 Å². The number of nitrogens with one attached hydrogen (secondary N) is 1. The molecule has 0 fully saturated rings. The zero-order valence-corrected chi connectivity index (χ0v) is 10.8. The van der Waals surface area contributed by atoms with Gasteiger partial charge in [-0.25, -0.2) is 4.39 Å². The standard InChI is InChI=1S/C14H14FN3O/c1-9-5-10-3-4-11(6-13(10)17-9)19-8-14-12(15)7-16-18(14)2/h3-7,17H,8H2,1-2H3. The zero-order valence-electron chi connectivity index (χ0n) is 10.8. The van der Waals surface area contributed by atoms with Gasteiger partial charge < -0.3 is 9.72 Å². The van der Waals surface area contributed by atoms with Crippen molar-refractivity contribution in [2.45, 2.75) is 13.5 Å². The first-order chi connectivity index (χ1) is 9.13. The van der Waals surface area contributed by atoms with Gasteiger partial charge in [-0.1, -0.05) is 0 Å². The Labute approximate surface area is 109 Å². The maximum Gasteiger partial charge on any atom is 0.167 e. The SMILES string of the molecule is Cc1cc2ccc(OCc3c(F)cnn3C)cc2[nH]1. The number of rotatable bonds is 3. The van der Waals surface area contributed by atoms with Crippen LogP contribution in [0.1, 0.15) is 11.4 Å². The van der Waals surface area contributed by atoms with Gasteiger partial charge in [-0.05, 0) is 30.5 Å². The molecule has 2 heterocycles. The summed E-state index contributed by atoms with van der Waals surface area (Å²) in [5, 5.41) is 4.97. The number of benzene rings is 1. The summed E-state index contributed by atoms with van der Waals surface area (Å²) in [6.45, 7) is 2.17.